The summed E-state index contributed by atoms with van der Waals surface area (Å²) in [6.07, 6.45) is 6.59. The Morgan fingerprint density at radius 1 is 0.980 bits per heavy atom. The zero-order valence-corrected chi connectivity index (χ0v) is 29.2. The topological polar surface area (TPSA) is 122 Å². The maximum Gasteiger partial charge on any atom is 0.320 e. The van der Waals surface area contributed by atoms with Crippen molar-refractivity contribution in [3.05, 3.63) is 95.1 Å². The molecule has 4 heterocycles. The van der Waals surface area contributed by atoms with Gasteiger partial charge in [-0.15, -0.1) is 10.2 Å². The van der Waals surface area contributed by atoms with Crippen LogP contribution in [0.25, 0.3) is 11.3 Å². The first kappa shape index (κ1) is 33.5. The van der Waals surface area contributed by atoms with E-state index in [0.29, 0.717) is 42.0 Å². The van der Waals surface area contributed by atoms with Gasteiger partial charge in [-0.1, -0.05) is 45.0 Å². The van der Waals surface area contributed by atoms with Crippen molar-refractivity contribution in [2.45, 2.75) is 103 Å². The van der Waals surface area contributed by atoms with E-state index in [1.165, 1.54) is 23.2 Å². The molecule has 1 fully saturated rings. The van der Waals surface area contributed by atoms with Crippen LogP contribution in [0.2, 0.25) is 0 Å². The second-order valence-electron chi connectivity index (χ2n) is 14.6. The highest BCUT2D eigenvalue weighted by Gasteiger charge is 2.31. The molecule has 0 saturated carbocycles. The Morgan fingerprint density at radius 3 is 2.48 bits per heavy atom. The zero-order valence-electron chi connectivity index (χ0n) is 29.2. The number of fused-ring (bicyclic) bond motifs is 2. The van der Waals surface area contributed by atoms with Crippen molar-refractivity contribution in [1.29, 1.82) is 0 Å². The van der Waals surface area contributed by atoms with Crippen LogP contribution >= 0.6 is 0 Å². The number of rotatable bonds is 7. The molecule has 1 unspecified atom stereocenters. The van der Waals surface area contributed by atoms with E-state index in [-0.39, 0.29) is 24.2 Å². The van der Waals surface area contributed by atoms with E-state index in [9.17, 15) is 14.3 Å². The number of benzene rings is 2. The number of aromatic nitrogens is 5. The van der Waals surface area contributed by atoms with Crippen LogP contribution < -0.4 is 20.3 Å². The van der Waals surface area contributed by atoms with Crippen LogP contribution in [0.15, 0.2) is 66.9 Å². The molecule has 0 spiro atoms. The number of hydrogen-bond donors (Lipinski definition) is 3. The van der Waals surface area contributed by atoms with Gasteiger partial charge in [0.25, 0.3) is 0 Å². The summed E-state index contributed by atoms with van der Waals surface area (Å²) in [6.45, 7) is 10.2. The van der Waals surface area contributed by atoms with Crippen LogP contribution in [0.1, 0.15) is 101 Å². The second kappa shape index (κ2) is 13.4. The minimum Gasteiger partial charge on any atom is -0.484 e. The number of nitrogens with one attached hydrogen (secondary N) is 2. The summed E-state index contributed by atoms with van der Waals surface area (Å²) in [7, 11) is 0. The van der Waals surface area contributed by atoms with Gasteiger partial charge in [0.1, 0.15) is 23.5 Å². The van der Waals surface area contributed by atoms with Crippen LogP contribution in [0.4, 0.5) is 21.0 Å². The third kappa shape index (κ3) is 6.64. The number of ether oxygens (including phenoxy) is 1. The van der Waals surface area contributed by atoms with Gasteiger partial charge in [0.05, 0.1) is 30.2 Å². The van der Waals surface area contributed by atoms with E-state index in [1.807, 2.05) is 61.7 Å². The second-order valence-corrected chi connectivity index (χ2v) is 14.6. The number of anilines is 2. The third-order valence-corrected chi connectivity index (χ3v) is 9.89. The van der Waals surface area contributed by atoms with Crippen molar-refractivity contribution in [3.8, 4) is 11.4 Å². The normalized spacial score (nSPS) is 20.8. The number of piperidine rings is 1. The molecule has 2 aromatic carbocycles. The molecule has 1 aliphatic carbocycles. The van der Waals surface area contributed by atoms with Crippen LogP contribution in [0, 0.1) is 5.82 Å². The molecular weight excluding hydrogens is 635 g/mol. The molecule has 3 aromatic heterocycles. The van der Waals surface area contributed by atoms with Crippen molar-refractivity contribution < 1.29 is 19.0 Å². The molecule has 1 saturated heterocycles. The molecule has 3 N–H and O–H groups in total. The van der Waals surface area contributed by atoms with Gasteiger partial charge >= 0.3 is 6.03 Å². The fourth-order valence-electron chi connectivity index (χ4n) is 7.30. The third-order valence-electron chi connectivity index (χ3n) is 9.89. The summed E-state index contributed by atoms with van der Waals surface area (Å²) in [5, 5.41) is 29.5. The van der Waals surface area contributed by atoms with E-state index in [0.717, 1.165) is 47.0 Å². The minimum absolute atomic E-state index is 0.206. The van der Waals surface area contributed by atoms with Crippen LogP contribution in [0.3, 0.4) is 0 Å². The molecule has 50 heavy (non-hydrogen) atoms. The van der Waals surface area contributed by atoms with Gasteiger partial charge < -0.3 is 20.1 Å². The monoisotopic (exact) mass is 680 g/mol. The van der Waals surface area contributed by atoms with E-state index < -0.39 is 11.8 Å². The summed E-state index contributed by atoms with van der Waals surface area (Å²) in [6, 6.07) is 18.1. The van der Waals surface area contributed by atoms with E-state index in [1.54, 1.807) is 12.1 Å². The molecule has 0 bridgehead atoms. The minimum atomic E-state index is -0.501. The number of pyridine rings is 1. The first-order chi connectivity index (χ1) is 24.0. The molecular formula is C38H45FN8O3. The Morgan fingerprint density at radius 2 is 1.74 bits per heavy atom. The van der Waals surface area contributed by atoms with Gasteiger partial charge in [-0.25, -0.2) is 13.9 Å². The van der Waals surface area contributed by atoms with Gasteiger partial charge in [0.2, 0.25) is 5.95 Å². The first-order valence-electron chi connectivity index (χ1n) is 17.5. The van der Waals surface area contributed by atoms with Gasteiger partial charge in [-0.3, -0.25) is 9.72 Å². The fourth-order valence-corrected chi connectivity index (χ4v) is 7.30. The molecule has 262 valence electrons. The van der Waals surface area contributed by atoms with Crippen LogP contribution in [-0.2, 0) is 12.0 Å². The number of aliphatic hydroxyl groups is 1. The number of nitrogens with zero attached hydrogens (tertiary/aromatic N) is 6. The Bertz CT molecular complexity index is 2010. The summed E-state index contributed by atoms with van der Waals surface area (Å²) in [5.41, 5.74) is 3.99. The average Bonchev–Trinajstić information content (AvgIpc) is 3.70. The number of aliphatic hydroxyl groups excluding tert-OH is 1. The van der Waals surface area contributed by atoms with Crippen molar-refractivity contribution in [2.75, 3.05) is 10.2 Å². The molecule has 4 atom stereocenters. The number of hydrogen-bond acceptors (Lipinski definition) is 7. The molecule has 2 aliphatic rings. The zero-order chi connectivity index (χ0) is 35.2. The lowest BCUT2D eigenvalue weighted by atomic mass is 9.85. The number of carbonyl (C=O) groups excluding carboxylic acids is 1. The molecule has 12 heteroatoms. The summed E-state index contributed by atoms with van der Waals surface area (Å²) in [5.74, 6) is 1.46. The maximum absolute atomic E-state index is 14.5. The van der Waals surface area contributed by atoms with E-state index in [2.05, 4.69) is 45.6 Å². The molecule has 0 radical (unpaired) electrons. The smallest absolute Gasteiger partial charge is 0.320 e. The molecule has 11 nitrogen and oxygen atoms in total. The van der Waals surface area contributed by atoms with Gasteiger partial charge in [-0.05, 0) is 93.0 Å². The highest BCUT2D eigenvalue weighted by molar-refractivity contribution is 5.89. The Labute approximate surface area is 291 Å². The van der Waals surface area contributed by atoms with E-state index in [4.69, 9.17) is 9.84 Å². The average molecular weight is 681 g/mol. The summed E-state index contributed by atoms with van der Waals surface area (Å²) < 4.78 is 24.6. The first-order valence-corrected chi connectivity index (χ1v) is 17.5. The molecule has 2 amide bonds. The van der Waals surface area contributed by atoms with Crippen molar-refractivity contribution in [3.63, 3.8) is 0 Å². The predicted octanol–water partition coefficient (Wildman–Crippen LogP) is 7.39. The van der Waals surface area contributed by atoms with Crippen molar-refractivity contribution in [2.24, 2.45) is 0 Å². The van der Waals surface area contributed by atoms with Gasteiger partial charge in [0.15, 0.2) is 5.65 Å². The predicted molar refractivity (Wildman–Crippen MR) is 190 cm³/mol. The molecule has 5 aromatic rings. The Balaban J connectivity index is 1.10. The summed E-state index contributed by atoms with van der Waals surface area (Å²) >= 11 is 0. The summed E-state index contributed by atoms with van der Waals surface area (Å²) in [4.78, 5) is 15.9. The lowest BCUT2D eigenvalue weighted by molar-refractivity contribution is 0.171. The highest BCUT2D eigenvalue weighted by atomic mass is 19.1. The number of urea groups is 1. The lowest BCUT2D eigenvalue weighted by Gasteiger charge is -2.39. The maximum atomic E-state index is 14.5. The SMILES string of the molecule is C[C@@H]1CCC[C@H](C)N1c1nnc2ccc(O[C@@H]3CCC(NC(=O)Nc4cc(C(C)(C)C)nn4-c4cc(F)cc(CO)c4)c4ccccc43)cn12. The lowest BCUT2D eigenvalue weighted by Crippen LogP contribution is -2.44. The quantitative estimate of drug-likeness (QED) is 0.164. The highest BCUT2D eigenvalue weighted by Crippen LogP contribution is 2.39. The van der Waals surface area contributed by atoms with Crippen molar-refractivity contribution >= 4 is 23.4 Å². The Hall–Kier alpha value is -4.97. The molecule has 7 rings (SSSR count). The van der Waals surface area contributed by atoms with Crippen LogP contribution in [-0.4, -0.2) is 47.6 Å². The van der Waals surface area contributed by atoms with Gasteiger partial charge in [-0.2, -0.15) is 5.10 Å². The van der Waals surface area contributed by atoms with Gasteiger partial charge in [0, 0.05) is 23.6 Å². The largest absolute Gasteiger partial charge is 0.484 e. The van der Waals surface area contributed by atoms with Crippen molar-refractivity contribution in [1.82, 2.24) is 29.7 Å². The Kier molecular flexibility index (Phi) is 8.98. The van der Waals surface area contributed by atoms with E-state index >= 15 is 0 Å². The number of halogens is 1. The molecule has 1 aliphatic heterocycles. The number of carbonyl (C=O) groups is 1. The number of amides is 2. The fraction of sp³-hybridized carbons (Fsp3) is 0.421. The standard InChI is InChI=1S/C38H45FN8O3/c1-23-9-8-10-24(2)46(23)37-43-42-34-16-13-28(21-45(34)37)50-32-15-14-31(29-11-6-7-12-30(29)32)40-36(49)41-35-20-33(38(3,4)5)44-47(35)27-18-25(22-48)17-26(39)19-27/h6-7,11-13,16-21,23-24,31-32,48H,8-10,14-15,22H2,1-5H3,(H2,40,41,49)/t23-,24+,31?,32-/m1/s1. The van der Waals surface area contributed by atoms with Crippen LogP contribution in [0.5, 0.6) is 5.75 Å².